The monoisotopic (exact) mass is 2040 g/mol. The largest absolute Gasteiger partial charge is 0.573 e. The second-order valence-corrected chi connectivity index (χ2v) is 38.4. The lowest BCUT2D eigenvalue weighted by Crippen LogP contribution is -2.54. The van der Waals surface area contributed by atoms with E-state index >= 15 is 0 Å². The summed E-state index contributed by atoms with van der Waals surface area (Å²) in [6, 6.07) is 44.4. The Morgan fingerprint density at radius 3 is 1.34 bits per heavy atom. The molecule has 0 aromatic heterocycles. The van der Waals surface area contributed by atoms with Crippen molar-refractivity contribution >= 4 is 44.4 Å². The Kier molecular flexibility index (Phi) is 47.1. The lowest BCUT2D eigenvalue weighted by molar-refractivity contribution is -0.274. The molecule has 778 valence electrons. The summed E-state index contributed by atoms with van der Waals surface area (Å²) in [6.07, 6.45) is -23.4. The first-order valence-corrected chi connectivity index (χ1v) is 47.7. The molecule has 9 aromatic carbocycles. The van der Waals surface area contributed by atoms with Crippen molar-refractivity contribution in [3.05, 3.63) is 281 Å². The molecular formula is C103H130ClF22N9O4S. The van der Waals surface area contributed by atoms with Gasteiger partial charge in [0.2, 0.25) is 10.0 Å². The van der Waals surface area contributed by atoms with Gasteiger partial charge < -0.3 is 34.4 Å². The Morgan fingerprint density at radius 2 is 0.886 bits per heavy atom. The highest BCUT2D eigenvalue weighted by Crippen LogP contribution is 2.41. The number of halogens is 23. The number of alkyl halides is 21. The van der Waals surface area contributed by atoms with Crippen LogP contribution >= 0.6 is 11.6 Å². The highest BCUT2D eigenvalue weighted by atomic mass is 35.5. The van der Waals surface area contributed by atoms with Gasteiger partial charge in [0.25, 0.3) is 0 Å². The lowest BCUT2D eigenvalue weighted by atomic mass is 10.0. The van der Waals surface area contributed by atoms with Gasteiger partial charge in [-0.25, -0.2) is 12.8 Å². The van der Waals surface area contributed by atoms with E-state index in [1.54, 1.807) is 71.9 Å². The molecule has 13 rings (SSSR count). The molecule has 2 atom stereocenters. The number of sulfonamides is 1. The number of anilines is 4. The summed E-state index contributed by atoms with van der Waals surface area (Å²) in [5, 5.41) is 3.22. The molecule has 9 aromatic rings. The third kappa shape index (κ3) is 46.6. The molecule has 140 heavy (non-hydrogen) atoms. The average Bonchev–Trinajstić information content (AvgIpc) is 0.856. The van der Waals surface area contributed by atoms with Gasteiger partial charge in [0.1, 0.15) is 23.9 Å². The van der Waals surface area contributed by atoms with Crippen molar-refractivity contribution in [1.82, 2.24) is 24.9 Å². The number of hydrogen-bond acceptors (Lipinski definition) is 12. The van der Waals surface area contributed by atoms with Gasteiger partial charge in [-0.2, -0.15) is 79.0 Å². The minimum atomic E-state index is -4.60. The number of hydrogen-bond donors (Lipinski definition) is 2. The molecule has 2 unspecified atom stereocenters. The van der Waals surface area contributed by atoms with Gasteiger partial charge in [0.05, 0.1) is 44.7 Å². The highest BCUT2D eigenvalue weighted by Gasteiger charge is 2.39. The van der Waals surface area contributed by atoms with Gasteiger partial charge in [-0.1, -0.05) is 96.7 Å². The van der Waals surface area contributed by atoms with E-state index in [1.165, 1.54) is 91.7 Å². The van der Waals surface area contributed by atoms with Gasteiger partial charge in [-0.05, 0) is 333 Å². The quantitative estimate of drug-likeness (QED) is 0.0801. The fraction of sp³-hybridized carbons (Fsp3) is 0.476. The van der Waals surface area contributed by atoms with Crippen LogP contribution in [0.3, 0.4) is 0 Å². The standard InChI is InChI=1S/C16H23F3N2.C14H19F3N2.C14H18F3NO.C13H15ClF3N.C13H18F3N.C9H13N.C8H6F4.C8H7F3O.C8H11NO2S/c1-12(2)11-20-4-6-21(7-5-20)15-9-13(3)8-14(10-15)16(17,18)19;1-9-4-12(14(15,16)17)6-13(5-9)19-7-10(2)18-11(3)8-19;1-11-8-12(14(15,16)17)10-13(9-11)19-7-6-18-4-2-3-5-18;1-9-6-10(8-18-4-2-3-5-18)12(14)11(7-9)13(15,16)17;1-10-7-11(5-4-6-17(2)3)9-12(8-10)13(14,15)16;1-8-5-4-6-9(7-8)10(2)3;1-5-2-3-7(9)6(4-5)8(10,11)12;1-6-3-2-4-7(5-6)12-8(9,10)11;1-7-4-3-5-8(6-7)9-12(2,10)11/h8-10,12H,4-7,11H2,1-3H3;4-6,10-11,18H,7-8H2,1-3H3;8-10H,2-7H2,1H3;6-7H,2-5,8H2,1H3;7-9H,4-6H2,1-3H3;4-7H,1-3H3;2-4H,1H3;2-5H,1H3;3-6,9H,1-2H3. The van der Waals surface area contributed by atoms with Gasteiger partial charge in [-0.15, -0.1) is 13.2 Å². The molecule has 4 heterocycles. The summed E-state index contributed by atoms with van der Waals surface area (Å²) in [4.78, 5) is 15.0. The molecule has 0 spiro atoms. The van der Waals surface area contributed by atoms with E-state index in [1.807, 2.05) is 75.0 Å². The van der Waals surface area contributed by atoms with Gasteiger partial charge >= 0.3 is 43.4 Å². The number of nitrogens with zero attached hydrogens (tertiary/aromatic N) is 7. The SMILES string of the molecule is Cc1cc(CCCN(C)C)cc(C(F)(F)F)c1.Cc1cc(CN2CCCC2)c(Cl)c(C(F)(F)F)c1.Cc1cc(N2CC(C)NC(C)C2)cc(C(F)(F)F)c1.Cc1cc(N2CCN(CC(C)C)CC2)cc(C(F)(F)F)c1.Cc1cc(OCCN2CCCC2)cc(C(F)(F)F)c1.Cc1ccc(F)c(C(F)(F)F)c1.Cc1cccc(N(C)C)c1.Cc1cccc(NS(C)(=O)=O)c1.Cc1cccc(OC(F)(F)F)c1. The predicted octanol–water partition coefficient (Wildman–Crippen LogP) is 27.7. The maximum atomic E-state index is 12.9. The third-order valence-electron chi connectivity index (χ3n) is 21.5. The molecule has 0 aliphatic carbocycles. The summed E-state index contributed by atoms with van der Waals surface area (Å²) in [5.41, 5.74) is 6.90. The number of rotatable bonds is 18. The first-order valence-electron chi connectivity index (χ1n) is 45.4. The van der Waals surface area contributed by atoms with E-state index in [0.717, 1.165) is 158 Å². The summed E-state index contributed by atoms with van der Waals surface area (Å²) < 4.78 is 308. The smallest absolute Gasteiger partial charge is 0.492 e. The number of nitrogens with one attached hydrogen (secondary N) is 2. The van der Waals surface area contributed by atoms with Crippen LogP contribution in [0.2, 0.25) is 5.02 Å². The number of ether oxygens (including phenoxy) is 2. The van der Waals surface area contributed by atoms with E-state index in [-0.39, 0.29) is 22.9 Å². The number of aryl methyl sites for hydroxylation is 10. The van der Waals surface area contributed by atoms with Gasteiger partial charge in [-0.3, -0.25) is 19.4 Å². The van der Waals surface area contributed by atoms with Crippen LogP contribution in [0.5, 0.6) is 11.5 Å². The van der Waals surface area contributed by atoms with E-state index in [0.29, 0.717) is 87.2 Å². The number of benzene rings is 9. The Labute approximate surface area is 814 Å². The van der Waals surface area contributed by atoms with E-state index in [2.05, 4.69) is 98.4 Å². The van der Waals surface area contributed by atoms with E-state index in [4.69, 9.17) is 16.3 Å². The Hall–Kier alpha value is -9.72. The van der Waals surface area contributed by atoms with Crippen molar-refractivity contribution in [2.24, 2.45) is 5.92 Å². The summed E-state index contributed by atoms with van der Waals surface area (Å²) >= 11 is 5.90. The van der Waals surface area contributed by atoms with Crippen LogP contribution in [0, 0.1) is 74.0 Å². The van der Waals surface area contributed by atoms with Crippen LogP contribution in [0.25, 0.3) is 0 Å². The maximum absolute atomic E-state index is 12.9. The van der Waals surface area contributed by atoms with Crippen molar-refractivity contribution in [3.8, 4) is 11.5 Å². The summed E-state index contributed by atoms with van der Waals surface area (Å²) in [7, 11) is 4.87. The number of likely N-dealkylation sites (tertiary alicyclic amines) is 2. The zero-order valence-electron chi connectivity index (χ0n) is 82.2. The van der Waals surface area contributed by atoms with Crippen molar-refractivity contribution in [3.63, 3.8) is 0 Å². The van der Waals surface area contributed by atoms with Crippen molar-refractivity contribution < 1.29 is 114 Å². The summed E-state index contributed by atoms with van der Waals surface area (Å²) in [5.74, 6) is -0.491. The Morgan fingerprint density at radius 1 is 0.450 bits per heavy atom. The third-order valence-corrected chi connectivity index (χ3v) is 22.6. The molecular weight excluding hydrogens is 1910 g/mol. The van der Waals surface area contributed by atoms with Crippen molar-refractivity contribution in [2.75, 3.05) is 146 Å². The molecule has 0 radical (unpaired) electrons. The van der Waals surface area contributed by atoms with Gasteiger partial charge in [0, 0.05) is 108 Å². The Balaban J connectivity index is 0.000000280. The second-order valence-electron chi connectivity index (χ2n) is 36.3. The van der Waals surface area contributed by atoms with Crippen LogP contribution < -0.4 is 34.2 Å². The van der Waals surface area contributed by atoms with Crippen LogP contribution in [-0.4, -0.2) is 173 Å². The molecule has 37 heteroatoms. The predicted molar refractivity (Wildman–Crippen MR) is 515 cm³/mol. The second kappa shape index (κ2) is 54.7. The topological polar surface area (TPSA) is 99.3 Å². The minimum absolute atomic E-state index is 0.153. The molecule has 13 nitrogen and oxygen atoms in total. The molecule has 0 bridgehead atoms. The van der Waals surface area contributed by atoms with Crippen molar-refractivity contribution in [2.45, 2.75) is 191 Å². The maximum Gasteiger partial charge on any atom is 0.573 e. The molecule has 4 fully saturated rings. The zero-order chi connectivity index (χ0) is 105. The number of piperazine rings is 2. The lowest BCUT2D eigenvalue weighted by Gasteiger charge is -2.38. The summed E-state index contributed by atoms with van der Waals surface area (Å²) in [6.45, 7) is 36.6. The highest BCUT2D eigenvalue weighted by molar-refractivity contribution is 7.92. The Bertz CT molecular complexity index is 5390. The molecule has 2 N–H and O–H groups in total. The van der Waals surface area contributed by atoms with E-state index in [9.17, 15) is 105 Å². The zero-order valence-corrected chi connectivity index (χ0v) is 83.8. The fourth-order valence-electron chi connectivity index (χ4n) is 15.4. The van der Waals surface area contributed by atoms with Crippen LogP contribution in [0.15, 0.2) is 176 Å². The average molecular weight is 2040 g/mol. The normalized spacial score (nSPS) is 15.6. The molecule has 0 amide bonds. The first kappa shape index (κ1) is 121. The molecule has 4 aliphatic heterocycles. The minimum Gasteiger partial charge on any atom is -0.492 e. The van der Waals surface area contributed by atoms with Crippen LogP contribution in [-0.2, 0) is 60.0 Å². The molecule has 0 saturated carbocycles. The molecule has 4 aliphatic rings. The van der Waals surface area contributed by atoms with Crippen LogP contribution in [0.1, 0.15) is 154 Å². The molecule has 4 saturated heterocycles. The first-order chi connectivity index (χ1) is 64.7. The fourth-order valence-corrected chi connectivity index (χ4v) is 16.2. The van der Waals surface area contributed by atoms with Crippen molar-refractivity contribution in [1.29, 1.82) is 0 Å². The van der Waals surface area contributed by atoms with Crippen LogP contribution in [0.4, 0.5) is 119 Å². The van der Waals surface area contributed by atoms with E-state index < -0.39 is 92.6 Å². The van der Waals surface area contributed by atoms with Gasteiger partial charge in [0.15, 0.2) is 0 Å².